The summed E-state index contributed by atoms with van der Waals surface area (Å²) >= 11 is 0. The molecule has 1 aliphatic carbocycles. The normalized spacial score (nSPS) is 19.3. The van der Waals surface area contributed by atoms with Gasteiger partial charge < -0.3 is 14.6 Å². The van der Waals surface area contributed by atoms with E-state index in [1.807, 2.05) is 0 Å². The van der Waals surface area contributed by atoms with Crippen molar-refractivity contribution in [1.29, 1.82) is 0 Å². The van der Waals surface area contributed by atoms with Crippen LogP contribution in [0, 0.1) is 5.92 Å². The molecule has 1 aromatic rings. The summed E-state index contributed by atoms with van der Waals surface area (Å²) in [5, 5.41) is 2.73. The lowest BCUT2D eigenvalue weighted by Gasteiger charge is -2.33. The fraction of sp³-hybridized carbons (Fsp3) is 0.667. The quantitative estimate of drug-likeness (QED) is 0.742. The van der Waals surface area contributed by atoms with E-state index in [1.165, 1.54) is 23.4 Å². The highest BCUT2D eigenvalue weighted by Gasteiger charge is 2.30. The predicted octanol–water partition coefficient (Wildman–Crippen LogP) is 1.06. The second-order valence-electron chi connectivity index (χ2n) is 7.19. The molecule has 2 heterocycles. The smallest absolute Gasteiger partial charge is 0.289 e. The Bertz CT molecular complexity index is 733. The minimum absolute atomic E-state index is 0.0639. The Balaban J connectivity index is 1.40. The van der Waals surface area contributed by atoms with Crippen molar-refractivity contribution in [1.82, 2.24) is 14.5 Å². The molecule has 3 rings (SSSR count). The van der Waals surface area contributed by atoms with Gasteiger partial charge in [0.25, 0.3) is 5.91 Å². The van der Waals surface area contributed by atoms with Gasteiger partial charge in [-0.15, -0.1) is 0 Å². The van der Waals surface area contributed by atoms with E-state index >= 15 is 0 Å². The van der Waals surface area contributed by atoms with Crippen molar-refractivity contribution < 1.29 is 22.4 Å². The number of furan rings is 1. The van der Waals surface area contributed by atoms with E-state index in [9.17, 15) is 18.0 Å². The van der Waals surface area contributed by atoms with E-state index in [1.54, 1.807) is 17.0 Å². The predicted molar refractivity (Wildman–Crippen MR) is 99.6 cm³/mol. The Hall–Kier alpha value is -1.87. The average molecular weight is 397 g/mol. The van der Waals surface area contributed by atoms with E-state index in [2.05, 4.69) is 5.32 Å². The number of carbonyl (C=O) groups excluding carboxylic acids is 2. The third-order valence-electron chi connectivity index (χ3n) is 5.28. The largest absolute Gasteiger partial charge is 0.459 e. The molecule has 2 fully saturated rings. The van der Waals surface area contributed by atoms with Crippen LogP contribution < -0.4 is 5.32 Å². The van der Waals surface area contributed by atoms with Crippen molar-refractivity contribution in [2.75, 3.05) is 38.5 Å². The van der Waals surface area contributed by atoms with E-state index in [0.29, 0.717) is 25.4 Å². The number of carbonyl (C=O) groups is 2. The maximum absolute atomic E-state index is 12.5. The first-order chi connectivity index (χ1) is 13.0. The highest BCUT2D eigenvalue weighted by molar-refractivity contribution is 7.89. The van der Waals surface area contributed by atoms with E-state index in [-0.39, 0.29) is 43.0 Å². The van der Waals surface area contributed by atoms with Gasteiger partial charge in [0.1, 0.15) is 0 Å². The van der Waals surface area contributed by atoms with Gasteiger partial charge in [-0.05, 0) is 30.9 Å². The minimum atomic E-state index is -3.45. The summed E-state index contributed by atoms with van der Waals surface area (Å²) in [5.74, 6) is 0.301. The van der Waals surface area contributed by atoms with Gasteiger partial charge in [0, 0.05) is 39.1 Å². The Morgan fingerprint density at radius 2 is 1.85 bits per heavy atom. The molecule has 2 aliphatic rings. The molecule has 0 radical (unpaired) electrons. The molecule has 1 saturated heterocycles. The number of nitrogens with one attached hydrogen (secondary N) is 1. The van der Waals surface area contributed by atoms with Crippen molar-refractivity contribution in [3.63, 3.8) is 0 Å². The van der Waals surface area contributed by atoms with E-state index in [0.717, 1.165) is 12.8 Å². The van der Waals surface area contributed by atoms with Crippen molar-refractivity contribution in [2.45, 2.75) is 32.1 Å². The molecule has 0 aromatic carbocycles. The Morgan fingerprint density at radius 3 is 2.48 bits per heavy atom. The molecule has 150 valence electrons. The number of rotatable bonds is 7. The molecule has 0 spiro atoms. The van der Waals surface area contributed by atoms with Crippen LogP contribution in [0.2, 0.25) is 0 Å². The van der Waals surface area contributed by atoms with Crippen LogP contribution >= 0.6 is 0 Å². The topological polar surface area (TPSA) is 99.9 Å². The minimum Gasteiger partial charge on any atom is -0.459 e. The second kappa shape index (κ2) is 8.88. The van der Waals surface area contributed by atoms with Crippen LogP contribution in [-0.4, -0.2) is 67.9 Å². The van der Waals surface area contributed by atoms with Crippen molar-refractivity contribution in [3.8, 4) is 0 Å². The average Bonchev–Trinajstić information content (AvgIpc) is 3.35. The summed E-state index contributed by atoms with van der Waals surface area (Å²) in [5.41, 5.74) is 0. The van der Waals surface area contributed by atoms with E-state index < -0.39 is 10.0 Å². The maximum atomic E-state index is 12.5. The van der Waals surface area contributed by atoms with Crippen LogP contribution in [0.3, 0.4) is 0 Å². The zero-order valence-corrected chi connectivity index (χ0v) is 16.2. The van der Waals surface area contributed by atoms with Gasteiger partial charge in [-0.3, -0.25) is 9.59 Å². The third kappa shape index (κ3) is 5.32. The van der Waals surface area contributed by atoms with Crippen molar-refractivity contribution >= 4 is 21.8 Å². The summed E-state index contributed by atoms with van der Waals surface area (Å²) in [6.07, 6.45) is 6.48. The summed E-state index contributed by atoms with van der Waals surface area (Å²) in [7, 11) is -3.45. The molecule has 9 heteroatoms. The molecular weight excluding hydrogens is 370 g/mol. The van der Waals surface area contributed by atoms with Crippen molar-refractivity contribution in [2.24, 2.45) is 5.92 Å². The third-order valence-corrected chi connectivity index (χ3v) is 7.15. The highest BCUT2D eigenvalue weighted by atomic mass is 32.2. The second-order valence-corrected chi connectivity index (χ2v) is 9.28. The highest BCUT2D eigenvalue weighted by Crippen LogP contribution is 2.27. The number of piperazine rings is 1. The molecule has 1 aliphatic heterocycles. The summed E-state index contributed by atoms with van der Waals surface area (Å²) < 4.78 is 31.4. The van der Waals surface area contributed by atoms with Crippen LogP contribution in [0.1, 0.15) is 42.7 Å². The van der Waals surface area contributed by atoms with Gasteiger partial charge in [-0.25, -0.2) is 8.42 Å². The van der Waals surface area contributed by atoms with Crippen LogP contribution in [0.15, 0.2) is 22.8 Å². The molecule has 0 unspecified atom stereocenters. The first kappa shape index (κ1) is 19.9. The molecule has 27 heavy (non-hydrogen) atoms. The van der Waals surface area contributed by atoms with Crippen LogP contribution in [0.25, 0.3) is 0 Å². The van der Waals surface area contributed by atoms with Crippen molar-refractivity contribution in [3.05, 3.63) is 24.2 Å². The summed E-state index contributed by atoms with van der Waals surface area (Å²) in [4.78, 5) is 25.7. The van der Waals surface area contributed by atoms with Gasteiger partial charge >= 0.3 is 0 Å². The maximum Gasteiger partial charge on any atom is 0.289 e. The van der Waals surface area contributed by atoms with Gasteiger partial charge in [0.05, 0.1) is 12.0 Å². The molecule has 0 atom stereocenters. The Labute approximate surface area is 159 Å². The number of nitrogens with zero attached hydrogens (tertiary/aromatic N) is 2. The molecular formula is C18H27N3O5S. The first-order valence-corrected chi connectivity index (χ1v) is 11.1. The molecule has 0 bridgehead atoms. The Kier molecular flexibility index (Phi) is 6.54. The summed E-state index contributed by atoms with van der Waals surface area (Å²) in [6, 6.07) is 3.24. The van der Waals surface area contributed by atoms with Gasteiger partial charge in [0.2, 0.25) is 15.9 Å². The lowest BCUT2D eigenvalue weighted by molar-refractivity contribution is -0.121. The molecule has 1 N–H and O–H groups in total. The summed E-state index contributed by atoms with van der Waals surface area (Å²) in [6.45, 7) is 1.29. The Morgan fingerprint density at radius 1 is 1.15 bits per heavy atom. The molecule has 1 aromatic heterocycles. The zero-order valence-electron chi connectivity index (χ0n) is 15.4. The van der Waals surface area contributed by atoms with Gasteiger partial charge in [-0.1, -0.05) is 12.8 Å². The molecule has 8 nitrogen and oxygen atoms in total. The number of sulfonamides is 1. The number of hydrogen-bond acceptors (Lipinski definition) is 5. The molecule has 1 saturated carbocycles. The van der Waals surface area contributed by atoms with Gasteiger partial charge in [0.15, 0.2) is 5.76 Å². The van der Waals surface area contributed by atoms with Crippen LogP contribution in [0.5, 0.6) is 0 Å². The lowest BCUT2D eigenvalue weighted by Crippen LogP contribution is -2.51. The van der Waals surface area contributed by atoms with Crippen LogP contribution in [0.4, 0.5) is 0 Å². The van der Waals surface area contributed by atoms with Gasteiger partial charge in [-0.2, -0.15) is 4.31 Å². The standard InChI is InChI=1S/C18H27N3O5S/c22-17(14-15-4-1-2-5-15)19-7-13-27(24,25)21-10-8-20(9-11-21)18(23)16-6-3-12-26-16/h3,6,12,15H,1-2,4-5,7-11,13-14H2,(H,19,22). The fourth-order valence-corrected chi connectivity index (χ4v) is 5.06. The lowest BCUT2D eigenvalue weighted by atomic mass is 10.0. The number of amides is 2. The van der Waals surface area contributed by atoms with Crippen LogP contribution in [-0.2, 0) is 14.8 Å². The molecule has 2 amide bonds. The fourth-order valence-electron chi connectivity index (χ4n) is 3.72. The van der Waals surface area contributed by atoms with E-state index in [4.69, 9.17) is 4.42 Å². The monoisotopic (exact) mass is 397 g/mol. The SMILES string of the molecule is O=C(CC1CCCC1)NCCS(=O)(=O)N1CCN(C(=O)c2ccco2)CC1. The number of hydrogen-bond donors (Lipinski definition) is 1. The zero-order chi connectivity index (χ0) is 19.3. The first-order valence-electron chi connectivity index (χ1n) is 9.53.